The smallest absolute Gasteiger partial charge is 0.507 e. The molecular formula is C26H36O5. The molecule has 5 nitrogen and oxygen atoms in total. The van der Waals surface area contributed by atoms with E-state index in [4.69, 9.17) is 9.47 Å². The molecule has 170 valence electrons. The Balaban J connectivity index is 2.42. The summed E-state index contributed by atoms with van der Waals surface area (Å²) in [5.74, 6) is 0.226. The minimum absolute atomic E-state index is 0.114. The summed E-state index contributed by atoms with van der Waals surface area (Å²) in [5, 5.41) is 11.0. The molecule has 0 unspecified atom stereocenters. The van der Waals surface area contributed by atoms with Crippen LogP contribution in [0.5, 0.6) is 11.5 Å². The largest absolute Gasteiger partial charge is 0.514 e. The van der Waals surface area contributed by atoms with Gasteiger partial charge in [-0.3, -0.25) is 4.79 Å². The first-order chi connectivity index (χ1) is 14.8. The number of hydrogen-bond donors (Lipinski definition) is 1. The normalized spacial score (nSPS) is 18.3. The maximum absolute atomic E-state index is 12.3. The van der Waals surface area contributed by atoms with Gasteiger partial charge in [-0.15, -0.1) is 0 Å². The van der Waals surface area contributed by atoms with E-state index in [1.54, 1.807) is 13.0 Å². The number of hydrogen-bond acceptors (Lipinski definition) is 5. The van der Waals surface area contributed by atoms with Crippen LogP contribution in [-0.2, 0) is 16.0 Å². The quantitative estimate of drug-likeness (QED) is 0.196. The van der Waals surface area contributed by atoms with Crippen LogP contribution in [0.2, 0.25) is 0 Å². The first-order valence-corrected chi connectivity index (χ1v) is 11.3. The molecule has 0 spiro atoms. The summed E-state index contributed by atoms with van der Waals surface area (Å²) >= 11 is 0. The second-order valence-electron chi connectivity index (χ2n) is 8.55. The van der Waals surface area contributed by atoms with Crippen LogP contribution in [0, 0.1) is 5.92 Å². The molecule has 0 aromatic heterocycles. The van der Waals surface area contributed by atoms with E-state index >= 15 is 0 Å². The van der Waals surface area contributed by atoms with E-state index in [-0.39, 0.29) is 30.0 Å². The van der Waals surface area contributed by atoms with Crippen molar-refractivity contribution in [3.63, 3.8) is 0 Å². The number of unbranched alkanes of at least 4 members (excludes halogenated alkanes) is 2. The van der Waals surface area contributed by atoms with Crippen LogP contribution in [0.15, 0.2) is 35.9 Å². The Bertz CT molecular complexity index is 836. The highest BCUT2D eigenvalue weighted by Crippen LogP contribution is 2.47. The molecule has 0 heterocycles. The van der Waals surface area contributed by atoms with Gasteiger partial charge in [0.1, 0.15) is 11.5 Å². The maximum Gasteiger partial charge on any atom is 0.514 e. The number of phenols is 1. The minimum Gasteiger partial charge on any atom is -0.507 e. The van der Waals surface area contributed by atoms with Gasteiger partial charge in [-0.2, -0.15) is 0 Å². The average molecular weight is 429 g/mol. The minimum atomic E-state index is -0.934. The van der Waals surface area contributed by atoms with Crippen molar-refractivity contribution in [1.82, 2.24) is 0 Å². The van der Waals surface area contributed by atoms with Gasteiger partial charge in [0.2, 0.25) is 0 Å². The summed E-state index contributed by atoms with van der Waals surface area (Å²) in [4.78, 5) is 23.8. The SMILES string of the molecule is C=C(C)[C@@H]1CCC(C)=C[C@H]1c1c(O)cc(CCCCC)cc1OC(=O)OCC(=O)CC. The van der Waals surface area contributed by atoms with Gasteiger partial charge < -0.3 is 14.6 Å². The van der Waals surface area contributed by atoms with Crippen LogP contribution in [0.4, 0.5) is 4.79 Å². The van der Waals surface area contributed by atoms with Gasteiger partial charge in [-0.1, -0.05) is 50.5 Å². The number of ketones is 1. The second-order valence-corrected chi connectivity index (χ2v) is 8.55. The van der Waals surface area contributed by atoms with Gasteiger partial charge in [0, 0.05) is 17.9 Å². The number of rotatable bonds is 10. The molecule has 1 aliphatic rings. The Hall–Kier alpha value is -2.56. The van der Waals surface area contributed by atoms with Crippen molar-refractivity contribution in [3.05, 3.63) is 47.1 Å². The highest BCUT2D eigenvalue weighted by Gasteiger charge is 2.31. The number of aromatic hydroxyl groups is 1. The van der Waals surface area contributed by atoms with E-state index in [0.717, 1.165) is 49.7 Å². The van der Waals surface area contributed by atoms with Crippen LogP contribution >= 0.6 is 0 Å². The van der Waals surface area contributed by atoms with Crippen molar-refractivity contribution in [3.8, 4) is 11.5 Å². The van der Waals surface area contributed by atoms with Crippen LogP contribution in [0.1, 0.15) is 83.3 Å². The van der Waals surface area contributed by atoms with E-state index in [1.165, 1.54) is 5.57 Å². The number of Topliss-reactive ketones (excluding diaryl/α,β-unsaturated/α-hetero) is 1. The molecule has 2 rings (SSSR count). The van der Waals surface area contributed by atoms with E-state index in [9.17, 15) is 14.7 Å². The highest BCUT2D eigenvalue weighted by molar-refractivity contribution is 5.81. The summed E-state index contributed by atoms with van der Waals surface area (Å²) in [6.45, 7) is 11.7. The third-order valence-corrected chi connectivity index (χ3v) is 5.90. The Morgan fingerprint density at radius 1 is 1.23 bits per heavy atom. The molecule has 0 fully saturated rings. The number of phenolic OH excluding ortho intramolecular Hbond substituents is 1. The molecule has 0 radical (unpaired) electrons. The predicted molar refractivity (Wildman–Crippen MR) is 123 cm³/mol. The fourth-order valence-electron chi connectivity index (χ4n) is 4.08. The summed E-state index contributed by atoms with van der Waals surface area (Å²) in [7, 11) is 0. The lowest BCUT2D eigenvalue weighted by atomic mass is 9.73. The standard InChI is InChI=1S/C26H36O5/c1-6-8-9-10-19-14-23(28)25(22-13-18(5)11-12-21(22)17(3)4)24(15-19)31-26(29)30-16-20(27)7-2/h13-15,21-22,28H,3,6-12,16H2,1-2,4-5H3/t21-,22+/m0/s1. The fourth-order valence-corrected chi connectivity index (χ4v) is 4.08. The number of ether oxygens (including phenoxy) is 2. The molecule has 31 heavy (non-hydrogen) atoms. The molecule has 0 saturated heterocycles. The molecule has 1 aliphatic carbocycles. The molecule has 0 amide bonds. The monoisotopic (exact) mass is 428 g/mol. The number of benzene rings is 1. The summed E-state index contributed by atoms with van der Waals surface area (Å²) in [6.07, 6.45) is 7.34. The first kappa shape index (κ1) is 24.7. The van der Waals surface area contributed by atoms with Crippen LogP contribution in [-0.4, -0.2) is 23.7 Å². The van der Waals surface area contributed by atoms with E-state index in [0.29, 0.717) is 17.7 Å². The van der Waals surface area contributed by atoms with Gasteiger partial charge in [0.15, 0.2) is 12.4 Å². The van der Waals surface area contributed by atoms with Crippen molar-refractivity contribution in [1.29, 1.82) is 0 Å². The fraction of sp³-hybridized carbons (Fsp3) is 0.538. The van der Waals surface area contributed by atoms with Crippen LogP contribution in [0.25, 0.3) is 0 Å². The molecule has 1 aromatic carbocycles. The van der Waals surface area contributed by atoms with Crippen LogP contribution in [0.3, 0.4) is 0 Å². The van der Waals surface area contributed by atoms with Gasteiger partial charge in [0.05, 0.1) is 0 Å². The predicted octanol–water partition coefficient (Wildman–Crippen LogP) is 6.64. The first-order valence-electron chi connectivity index (χ1n) is 11.3. The lowest BCUT2D eigenvalue weighted by molar-refractivity contribution is -0.122. The molecule has 0 bridgehead atoms. The lowest BCUT2D eigenvalue weighted by Gasteiger charge is -2.32. The number of allylic oxidation sites excluding steroid dienone is 3. The Labute approximate surface area is 186 Å². The summed E-state index contributed by atoms with van der Waals surface area (Å²) in [6, 6.07) is 3.60. The van der Waals surface area contributed by atoms with Gasteiger partial charge in [-0.05, 0) is 63.1 Å². The molecule has 1 aromatic rings. The van der Waals surface area contributed by atoms with Crippen molar-refractivity contribution in [2.24, 2.45) is 5.92 Å². The average Bonchev–Trinajstić information content (AvgIpc) is 2.71. The zero-order valence-electron chi connectivity index (χ0n) is 19.3. The summed E-state index contributed by atoms with van der Waals surface area (Å²) in [5.41, 5.74) is 3.74. The van der Waals surface area contributed by atoms with Gasteiger partial charge in [0.25, 0.3) is 0 Å². The molecule has 5 heteroatoms. The van der Waals surface area contributed by atoms with Crippen molar-refractivity contribution in [2.75, 3.05) is 6.61 Å². The molecule has 1 N–H and O–H groups in total. The van der Waals surface area contributed by atoms with E-state index < -0.39 is 6.16 Å². The zero-order valence-corrected chi connectivity index (χ0v) is 19.3. The zero-order chi connectivity index (χ0) is 23.0. The highest BCUT2D eigenvalue weighted by atomic mass is 16.7. The van der Waals surface area contributed by atoms with Crippen molar-refractivity contribution in [2.45, 2.75) is 78.6 Å². The van der Waals surface area contributed by atoms with Gasteiger partial charge in [-0.25, -0.2) is 4.79 Å². The maximum atomic E-state index is 12.3. The summed E-state index contributed by atoms with van der Waals surface area (Å²) < 4.78 is 10.5. The number of carbonyl (C=O) groups is 2. The van der Waals surface area contributed by atoms with Crippen LogP contribution < -0.4 is 4.74 Å². The van der Waals surface area contributed by atoms with E-state index in [2.05, 4.69) is 26.5 Å². The third kappa shape index (κ3) is 6.98. The third-order valence-electron chi connectivity index (χ3n) is 5.90. The lowest BCUT2D eigenvalue weighted by Crippen LogP contribution is -2.20. The Morgan fingerprint density at radius 3 is 2.61 bits per heavy atom. The number of aryl methyl sites for hydroxylation is 1. The topological polar surface area (TPSA) is 72.8 Å². The number of carbonyl (C=O) groups excluding carboxylic acids is 2. The van der Waals surface area contributed by atoms with Crippen molar-refractivity contribution < 1.29 is 24.2 Å². The molecular weight excluding hydrogens is 392 g/mol. The molecule has 0 aliphatic heterocycles. The van der Waals surface area contributed by atoms with E-state index in [1.807, 2.05) is 13.0 Å². The molecule has 0 saturated carbocycles. The van der Waals surface area contributed by atoms with Crippen molar-refractivity contribution >= 4 is 11.9 Å². The Kier molecular flexibility index (Phi) is 9.35. The Morgan fingerprint density at radius 2 is 1.97 bits per heavy atom. The molecule has 2 atom stereocenters. The second kappa shape index (κ2) is 11.7. The van der Waals surface area contributed by atoms with Gasteiger partial charge >= 0.3 is 6.16 Å².